The Kier molecular flexibility index (Phi) is 33.0. The molecule has 0 heterocycles. The summed E-state index contributed by atoms with van der Waals surface area (Å²) >= 11 is 0. The Morgan fingerprint density at radius 1 is 0.230 bits per heavy atom. The summed E-state index contributed by atoms with van der Waals surface area (Å²) in [5, 5.41) is 0. The van der Waals surface area contributed by atoms with Crippen LogP contribution in [-0.2, 0) is 48.5 Å². The zero-order valence-electron chi connectivity index (χ0n) is 30.8. The van der Waals surface area contributed by atoms with Crippen molar-refractivity contribution in [3.05, 3.63) is 182 Å². The number of para-hydroxylation sites is 6. The first-order valence-corrected chi connectivity index (χ1v) is 22.5. The molecule has 6 rings (SSSR count). The van der Waals surface area contributed by atoms with Crippen LogP contribution in [0.5, 0.6) is 34.5 Å². The Hall–Kier alpha value is -4.83. The zero-order chi connectivity index (χ0) is 44.4. The van der Waals surface area contributed by atoms with Crippen molar-refractivity contribution in [1.82, 2.24) is 0 Å². The second-order valence-corrected chi connectivity index (χ2v) is 13.5. The van der Waals surface area contributed by atoms with Gasteiger partial charge < -0.3 is 29.4 Å². The number of hydrogen-bond donors (Lipinski definition) is 0. The molecule has 25 heteroatoms. The van der Waals surface area contributed by atoms with Gasteiger partial charge in [-0.2, -0.15) is 0 Å². The van der Waals surface area contributed by atoms with E-state index in [1.807, 2.05) is 0 Å². The Morgan fingerprint density at radius 3 is 0.410 bits per heavy atom. The predicted octanol–water partition coefficient (Wildman–Crippen LogP) is 6.50. The molecule has 0 bridgehead atoms. The molecule has 18 nitrogen and oxygen atoms in total. The third-order valence-corrected chi connectivity index (χ3v) is 7.70. The van der Waals surface area contributed by atoms with Crippen LogP contribution in [-0.4, -0.2) is 0 Å². The summed E-state index contributed by atoms with van der Waals surface area (Å²) in [5.74, 6) is 2.08. The molecule has 6 unspecified atom stereocenters. The molecular weight excluding hydrogens is 1000 g/mol. The molecule has 0 radical (unpaired) electrons. The maximum absolute atomic E-state index is 9.98. The van der Waals surface area contributed by atoms with Crippen LogP contribution in [0.15, 0.2) is 182 Å². The molecule has 0 N–H and O–H groups in total. The smallest absolute Gasteiger partial charge is 0.539 e. The summed E-state index contributed by atoms with van der Waals surface area (Å²) in [6.07, 6.45) is 0. The summed E-state index contributed by atoms with van der Waals surface area (Å²) in [6, 6.07) is 50.0. The van der Waals surface area contributed by atoms with Crippen molar-refractivity contribution in [3.8, 4) is 34.5 Å². The zero-order valence-corrected chi connectivity index (χ0v) is 38.1. The summed E-state index contributed by atoms with van der Waals surface area (Å²) in [7, 11) is -16.7. The van der Waals surface area contributed by atoms with E-state index < -0.39 is 49.5 Å². The molecule has 0 fully saturated rings. The second kappa shape index (κ2) is 35.9. The fourth-order valence-corrected chi connectivity index (χ4v) is 5.17. The van der Waals surface area contributed by atoms with Crippen molar-refractivity contribution in [1.29, 1.82) is 0 Å². The largest absolute Gasteiger partial charge is 0.558 e. The van der Waals surface area contributed by atoms with Crippen LogP contribution in [0.4, 0.5) is 0 Å². The average molecular weight is 1030 g/mol. The Morgan fingerprint density at radius 2 is 0.328 bits per heavy atom. The van der Waals surface area contributed by atoms with E-state index in [-0.39, 0.29) is 21.1 Å². The van der Waals surface area contributed by atoms with E-state index in [2.05, 4.69) is 27.1 Å². The molecule has 6 aromatic rings. The van der Waals surface area contributed by atoms with Gasteiger partial charge in [-0.25, -0.2) is 0 Å². The standard InChI is InChI=1S/6C6H5O3P.Mo/c6*7-10(8)9-6-4-2-1-3-5-6;/h6*1-5H;. The summed E-state index contributed by atoms with van der Waals surface area (Å²) in [4.78, 5) is 59.9. The topological polar surface area (TPSA) is 296 Å². The molecule has 0 spiro atoms. The van der Waals surface area contributed by atoms with Gasteiger partial charge in [-0.15, -0.1) is 0 Å². The Bertz CT molecular complexity index is 1740. The van der Waals surface area contributed by atoms with Gasteiger partial charge in [-0.05, 0) is 100 Å². The molecule has 0 amide bonds. The SMILES string of the molecule is O=[P+]([O-])Oc1ccccc1.O=[P+]([O-])Oc1ccccc1.O=[P+]([O-])Oc1ccccc1.O=[P+]([O-])Oc1ccccc1.O=[P+]([O-])Oc1ccccc1.O=[P+]([O-])Oc1ccccc1.[Mo]. The molecule has 0 aliphatic carbocycles. The van der Waals surface area contributed by atoms with Crippen molar-refractivity contribution < 1.29 is 105 Å². The van der Waals surface area contributed by atoms with Gasteiger partial charge in [-0.1, -0.05) is 109 Å². The van der Waals surface area contributed by atoms with Crippen LogP contribution in [0, 0.1) is 0 Å². The van der Waals surface area contributed by atoms with Crippen molar-refractivity contribution in [3.63, 3.8) is 0 Å². The minimum absolute atomic E-state index is 0. The van der Waals surface area contributed by atoms with Gasteiger partial charge in [-0.3, -0.25) is 27.1 Å². The number of hydrogen-bond acceptors (Lipinski definition) is 18. The molecular formula is C36H30MoO18P6. The first-order valence-electron chi connectivity index (χ1n) is 16.0. The van der Waals surface area contributed by atoms with Crippen molar-refractivity contribution >= 4 is 49.5 Å². The van der Waals surface area contributed by atoms with E-state index in [0.29, 0.717) is 34.5 Å². The molecule has 318 valence electrons. The summed E-state index contributed by atoms with van der Waals surface area (Å²) in [5.41, 5.74) is 0. The van der Waals surface area contributed by atoms with E-state index in [4.69, 9.17) is 0 Å². The van der Waals surface area contributed by atoms with Crippen molar-refractivity contribution in [2.75, 3.05) is 0 Å². The first-order chi connectivity index (χ1) is 28.7. The average Bonchev–Trinajstić information content (AvgIpc) is 3.20. The molecule has 0 saturated heterocycles. The van der Waals surface area contributed by atoms with Crippen LogP contribution < -0.4 is 56.5 Å². The first kappa shape index (κ1) is 56.2. The Labute approximate surface area is 369 Å². The van der Waals surface area contributed by atoms with Gasteiger partial charge in [0.15, 0.2) is 34.5 Å². The van der Waals surface area contributed by atoms with Gasteiger partial charge in [0.05, 0.1) is 0 Å². The quantitative estimate of drug-likeness (QED) is 0.0933. The van der Waals surface area contributed by atoms with Gasteiger partial charge in [0.2, 0.25) is 0 Å². The fourth-order valence-electron chi connectivity index (χ4n) is 3.40. The maximum Gasteiger partial charge on any atom is 0.539 e. The Balaban J connectivity index is 0.000000706. The van der Waals surface area contributed by atoms with Gasteiger partial charge in [0, 0.05) is 21.1 Å². The van der Waals surface area contributed by atoms with Crippen LogP contribution >= 0.6 is 49.5 Å². The van der Waals surface area contributed by atoms with Gasteiger partial charge in [0.1, 0.15) is 0 Å². The minimum atomic E-state index is -2.78. The molecule has 0 aromatic heterocycles. The second-order valence-electron chi connectivity index (χ2n) is 9.77. The number of benzene rings is 6. The third kappa shape index (κ3) is 34.6. The van der Waals surface area contributed by atoms with Gasteiger partial charge in [0.25, 0.3) is 0 Å². The van der Waals surface area contributed by atoms with Crippen molar-refractivity contribution in [2.24, 2.45) is 0 Å². The number of rotatable bonds is 12. The third-order valence-electron chi connectivity index (χ3n) is 5.54. The predicted molar refractivity (Wildman–Crippen MR) is 208 cm³/mol. The monoisotopic (exact) mass is 1030 g/mol. The van der Waals surface area contributed by atoms with Crippen LogP contribution in [0.1, 0.15) is 0 Å². The maximum atomic E-state index is 9.98. The summed E-state index contributed by atoms with van der Waals surface area (Å²) in [6.45, 7) is 0. The summed E-state index contributed by atoms with van der Waals surface area (Å²) < 4.78 is 86.1. The van der Waals surface area contributed by atoms with Crippen LogP contribution in [0.2, 0.25) is 0 Å². The van der Waals surface area contributed by atoms with E-state index >= 15 is 0 Å². The van der Waals surface area contributed by atoms with E-state index in [1.54, 1.807) is 182 Å². The van der Waals surface area contributed by atoms with E-state index in [9.17, 15) is 56.8 Å². The molecule has 0 aliphatic rings. The van der Waals surface area contributed by atoms with Gasteiger partial charge >= 0.3 is 49.5 Å². The molecule has 6 aromatic carbocycles. The molecule has 61 heavy (non-hydrogen) atoms. The molecule has 0 aliphatic heterocycles. The van der Waals surface area contributed by atoms with Crippen LogP contribution in [0.3, 0.4) is 0 Å². The van der Waals surface area contributed by atoms with E-state index in [0.717, 1.165) is 0 Å². The molecule has 6 atom stereocenters. The minimum Gasteiger partial charge on any atom is -0.558 e. The normalized spacial score (nSPS) is 10.5. The van der Waals surface area contributed by atoms with Crippen LogP contribution in [0.25, 0.3) is 0 Å². The van der Waals surface area contributed by atoms with Crippen molar-refractivity contribution in [2.45, 2.75) is 0 Å². The molecule has 0 saturated carbocycles. The van der Waals surface area contributed by atoms with E-state index in [1.165, 1.54) is 0 Å². The fraction of sp³-hybridized carbons (Fsp3) is 0.